The maximum absolute atomic E-state index is 12.7. The molecule has 6 nitrogen and oxygen atoms in total. The van der Waals surface area contributed by atoms with Crippen LogP contribution < -0.4 is 14.8 Å². The minimum Gasteiger partial charge on any atom is -0.497 e. The first-order valence-corrected chi connectivity index (χ1v) is 10.6. The number of benzene rings is 1. The fraction of sp³-hybridized carbons (Fsp3) is 0.565. The van der Waals surface area contributed by atoms with Crippen molar-refractivity contribution in [2.24, 2.45) is 5.92 Å². The number of amides is 2. The highest BCUT2D eigenvalue weighted by atomic mass is 16.5. The van der Waals surface area contributed by atoms with E-state index in [9.17, 15) is 9.59 Å². The third-order valence-electron chi connectivity index (χ3n) is 5.80. The molecule has 0 aromatic heterocycles. The van der Waals surface area contributed by atoms with E-state index in [-0.39, 0.29) is 17.7 Å². The Balaban J connectivity index is 1.52. The number of methoxy groups -OCH3 is 2. The molecular weight excluding hydrogens is 368 g/mol. The minimum absolute atomic E-state index is 0.155. The molecule has 29 heavy (non-hydrogen) atoms. The van der Waals surface area contributed by atoms with Crippen LogP contribution in [0.4, 0.5) is 0 Å². The number of likely N-dealkylation sites (tertiary alicyclic amines) is 1. The molecule has 1 atom stereocenters. The van der Waals surface area contributed by atoms with Gasteiger partial charge in [0.15, 0.2) is 0 Å². The molecule has 1 aliphatic carbocycles. The van der Waals surface area contributed by atoms with Gasteiger partial charge in [-0.15, -0.1) is 0 Å². The van der Waals surface area contributed by atoms with Gasteiger partial charge in [-0.3, -0.25) is 9.59 Å². The number of piperidine rings is 1. The van der Waals surface area contributed by atoms with Crippen molar-refractivity contribution in [3.8, 4) is 11.5 Å². The van der Waals surface area contributed by atoms with Gasteiger partial charge in [0, 0.05) is 37.7 Å². The van der Waals surface area contributed by atoms with E-state index in [1.807, 2.05) is 4.90 Å². The van der Waals surface area contributed by atoms with Crippen LogP contribution in [0.1, 0.15) is 55.3 Å². The predicted molar refractivity (Wildman–Crippen MR) is 112 cm³/mol. The second-order valence-corrected chi connectivity index (χ2v) is 7.94. The standard InChI is InChI=1S/C23H32N2O4/c1-28-20-12-19(13-21(14-20)29-2)23(27)24-15-18-9-6-10-25(16-18)22(26)11-17-7-4-3-5-8-17/h7,12-14,18H,3-6,8-11,15-16H2,1-2H3,(H,24,27)/t18-/m1/s1. The first-order valence-electron chi connectivity index (χ1n) is 10.6. The molecule has 2 aliphatic rings. The molecule has 1 aromatic rings. The van der Waals surface area contributed by atoms with Crippen LogP contribution in [0.25, 0.3) is 0 Å². The second-order valence-electron chi connectivity index (χ2n) is 7.94. The Morgan fingerprint density at radius 3 is 2.52 bits per heavy atom. The Morgan fingerprint density at radius 1 is 1.10 bits per heavy atom. The van der Waals surface area contributed by atoms with E-state index >= 15 is 0 Å². The maximum Gasteiger partial charge on any atom is 0.251 e. The van der Waals surface area contributed by atoms with Crippen LogP contribution in [-0.4, -0.2) is 50.6 Å². The van der Waals surface area contributed by atoms with Crippen LogP contribution in [-0.2, 0) is 4.79 Å². The van der Waals surface area contributed by atoms with E-state index in [1.165, 1.54) is 18.4 Å². The number of carbonyl (C=O) groups excluding carboxylic acids is 2. The van der Waals surface area contributed by atoms with Gasteiger partial charge in [-0.25, -0.2) is 0 Å². The smallest absolute Gasteiger partial charge is 0.251 e. The molecule has 1 aliphatic heterocycles. The van der Waals surface area contributed by atoms with E-state index in [4.69, 9.17) is 9.47 Å². The van der Waals surface area contributed by atoms with Gasteiger partial charge in [0.05, 0.1) is 14.2 Å². The second kappa shape index (κ2) is 10.3. The maximum atomic E-state index is 12.7. The summed E-state index contributed by atoms with van der Waals surface area (Å²) in [6.07, 6.45) is 9.40. The van der Waals surface area contributed by atoms with Crippen LogP contribution in [0, 0.1) is 5.92 Å². The Hall–Kier alpha value is -2.50. The van der Waals surface area contributed by atoms with Crippen molar-refractivity contribution in [1.82, 2.24) is 10.2 Å². The quantitative estimate of drug-likeness (QED) is 0.711. The average molecular weight is 401 g/mol. The SMILES string of the molecule is COc1cc(OC)cc(C(=O)NC[C@H]2CCCN(C(=O)CC3=CCCCC3)C2)c1. The monoisotopic (exact) mass is 400 g/mol. The van der Waals surface area contributed by atoms with Gasteiger partial charge in [-0.1, -0.05) is 11.6 Å². The number of rotatable bonds is 7. The summed E-state index contributed by atoms with van der Waals surface area (Å²) < 4.78 is 10.5. The summed E-state index contributed by atoms with van der Waals surface area (Å²) in [6, 6.07) is 5.14. The molecule has 0 saturated carbocycles. The lowest BCUT2D eigenvalue weighted by Gasteiger charge is -2.33. The lowest BCUT2D eigenvalue weighted by atomic mass is 9.94. The Labute approximate surface area is 173 Å². The first kappa shape index (κ1) is 21.2. The van der Waals surface area contributed by atoms with Crippen LogP contribution >= 0.6 is 0 Å². The molecule has 0 spiro atoms. The van der Waals surface area contributed by atoms with Gasteiger partial charge in [0.1, 0.15) is 11.5 Å². The van der Waals surface area contributed by atoms with Gasteiger partial charge >= 0.3 is 0 Å². The average Bonchev–Trinajstić information content (AvgIpc) is 2.77. The number of allylic oxidation sites excluding steroid dienone is 1. The fourth-order valence-electron chi connectivity index (χ4n) is 4.11. The van der Waals surface area contributed by atoms with Crippen LogP contribution in [0.15, 0.2) is 29.8 Å². The van der Waals surface area contributed by atoms with E-state index in [2.05, 4.69) is 11.4 Å². The number of carbonyl (C=O) groups is 2. The highest BCUT2D eigenvalue weighted by molar-refractivity contribution is 5.95. The van der Waals surface area contributed by atoms with Crippen LogP contribution in [0.5, 0.6) is 11.5 Å². The molecule has 0 unspecified atom stereocenters. The molecule has 0 bridgehead atoms. The molecule has 6 heteroatoms. The zero-order valence-corrected chi connectivity index (χ0v) is 17.5. The molecule has 1 fully saturated rings. The molecule has 1 saturated heterocycles. The summed E-state index contributed by atoms with van der Waals surface area (Å²) in [5.74, 6) is 1.52. The highest BCUT2D eigenvalue weighted by Crippen LogP contribution is 2.24. The molecular formula is C23H32N2O4. The van der Waals surface area contributed by atoms with Crippen molar-refractivity contribution in [2.75, 3.05) is 33.9 Å². The number of nitrogens with zero attached hydrogens (tertiary/aromatic N) is 1. The van der Waals surface area contributed by atoms with Gasteiger partial charge in [-0.05, 0) is 56.6 Å². The van der Waals surface area contributed by atoms with Gasteiger partial charge in [-0.2, -0.15) is 0 Å². The number of ether oxygens (including phenoxy) is 2. The predicted octanol–water partition coefficient (Wildman–Crippen LogP) is 3.56. The molecule has 3 rings (SSSR count). The third-order valence-corrected chi connectivity index (χ3v) is 5.80. The van der Waals surface area contributed by atoms with Crippen molar-refractivity contribution in [1.29, 1.82) is 0 Å². The molecule has 2 amide bonds. The summed E-state index contributed by atoms with van der Waals surface area (Å²) in [6.45, 7) is 2.10. The summed E-state index contributed by atoms with van der Waals surface area (Å²) in [5, 5.41) is 3.01. The largest absolute Gasteiger partial charge is 0.497 e. The number of hydrogen-bond acceptors (Lipinski definition) is 4. The van der Waals surface area contributed by atoms with E-state index < -0.39 is 0 Å². The van der Waals surface area contributed by atoms with Crippen molar-refractivity contribution < 1.29 is 19.1 Å². The highest BCUT2D eigenvalue weighted by Gasteiger charge is 2.25. The third kappa shape index (κ3) is 5.99. The van der Waals surface area contributed by atoms with Gasteiger partial charge < -0.3 is 19.7 Å². The molecule has 1 N–H and O–H groups in total. The summed E-state index contributed by atoms with van der Waals surface area (Å²) in [4.78, 5) is 27.3. The van der Waals surface area contributed by atoms with Gasteiger partial charge in [0.25, 0.3) is 5.91 Å². The van der Waals surface area contributed by atoms with Crippen molar-refractivity contribution in [3.63, 3.8) is 0 Å². The van der Waals surface area contributed by atoms with Crippen molar-refractivity contribution in [2.45, 2.75) is 44.9 Å². The van der Waals surface area contributed by atoms with Crippen molar-refractivity contribution >= 4 is 11.8 Å². The van der Waals surface area contributed by atoms with Gasteiger partial charge in [0.2, 0.25) is 5.91 Å². The normalized spacial score (nSPS) is 19.3. The molecule has 1 aromatic carbocycles. The lowest BCUT2D eigenvalue weighted by molar-refractivity contribution is -0.132. The van der Waals surface area contributed by atoms with E-state index in [1.54, 1.807) is 32.4 Å². The lowest BCUT2D eigenvalue weighted by Crippen LogP contribution is -2.43. The summed E-state index contributed by atoms with van der Waals surface area (Å²) in [5.41, 5.74) is 1.80. The van der Waals surface area contributed by atoms with E-state index in [0.29, 0.717) is 36.6 Å². The van der Waals surface area contributed by atoms with Crippen molar-refractivity contribution in [3.05, 3.63) is 35.4 Å². The number of hydrogen-bond donors (Lipinski definition) is 1. The Bertz CT molecular complexity index is 737. The van der Waals surface area contributed by atoms with Crippen LogP contribution in [0.3, 0.4) is 0 Å². The minimum atomic E-state index is -0.155. The Kier molecular flexibility index (Phi) is 7.55. The molecule has 158 valence electrons. The Morgan fingerprint density at radius 2 is 1.86 bits per heavy atom. The molecule has 0 radical (unpaired) electrons. The topological polar surface area (TPSA) is 67.9 Å². The molecule has 1 heterocycles. The number of nitrogens with one attached hydrogen (secondary N) is 1. The van der Waals surface area contributed by atoms with Crippen LogP contribution in [0.2, 0.25) is 0 Å². The summed E-state index contributed by atoms with van der Waals surface area (Å²) >= 11 is 0. The fourth-order valence-corrected chi connectivity index (χ4v) is 4.11. The zero-order chi connectivity index (χ0) is 20.6. The first-order chi connectivity index (χ1) is 14.1. The zero-order valence-electron chi connectivity index (χ0n) is 17.5. The summed E-state index contributed by atoms with van der Waals surface area (Å²) in [7, 11) is 3.13. The van der Waals surface area contributed by atoms with E-state index in [0.717, 1.165) is 32.2 Å².